The SMILES string of the molecule is CN(C)Cc1nc2cc(N3CN(OC(=O)C(F)(F)F)c4cc(-c5ccc(Cl)cc5)sc4C3=O)ccc2[nH]1. The summed E-state index contributed by atoms with van der Waals surface area (Å²) < 4.78 is 39.1. The standard InChI is InChI=1S/C24H19ClF3N5O3S/c1-31(2)11-20-29-16-8-7-15(9-17(16)30-20)32-12-33(36-23(35)24(26,27)28)18-10-19(37-21(18)22(32)34)13-3-5-14(25)6-4-13/h3-10H,11-12H2,1-2H3,(H,29,30). The van der Waals surface area contributed by atoms with E-state index in [1.54, 1.807) is 42.5 Å². The van der Waals surface area contributed by atoms with E-state index >= 15 is 0 Å². The van der Waals surface area contributed by atoms with Crippen molar-refractivity contribution in [3.05, 3.63) is 64.3 Å². The quantitative estimate of drug-likeness (QED) is 0.356. The van der Waals surface area contributed by atoms with Gasteiger partial charge in [0, 0.05) is 15.6 Å². The zero-order chi connectivity index (χ0) is 26.5. The Morgan fingerprint density at radius 1 is 1.19 bits per heavy atom. The summed E-state index contributed by atoms with van der Waals surface area (Å²) >= 11 is 7.04. The van der Waals surface area contributed by atoms with Crippen molar-refractivity contribution >= 4 is 57.2 Å². The average Bonchev–Trinajstić information content (AvgIpc) is 3.44. The molecule has 13 heteroatoms. The van der Waals surface area contributed by atoms with Gasteiger partial charge in [-0.3, -0.25) is 9.69 Å². The van der Waals surface area contributed by atoms with Crippen LogP contribution in [0.5, 0.6) is 0 Å². The van der Waals surface area contributed by atoms with Crippen molar-refractivity contribution in [2.75, 3.05) is 30.7 Å². The van der Waals surface area contributed by atoms with Crippen molar-refractivity contribution in [3.63, 3.8) is 0 Å². The van der Waals surface area contributed by atoms with Gasteiger partial charge in [0.05, 0.1) is 17.6 Å². The summed E-state index contributed by atoms with van der Waals surface area (Å²) in [5.74, 6) is -2.11. The molecule has 0 spiro atoms. The molecule has 192 valence electrons. The predicted octanol–water partition coefficient (Wildman–Crippen LogP) is 5.45. The number of anilines is 2. The molecule has 3 heterocycles. The Hall–Kier alpha value is -3.61. The fraction of sp³-hybridized carbons (Fsp3) is 0.208. The third-order valence-electron chi connectivity index (χ3n) is 5.54. The van der Waals surface area contributed by atoms with Gasteiger partial charge in [0.2, 0.25) is 0 Å². The van der Waals surface area contributed by atoms with Gasteiger partial charge in [0.1, 0.15) is 23.1 Å². The number of rotatable bonds is 5. The lowest BCUT2D eigenvalue weighted by atomic mass is 10.1. The number of amides is 1. The number of imidazole rings is 1. The molecule has 4 aromatic rings. The van der Waals surface area contributed by atoms with Crippen LogP contribution in [0.4, 0.5) is 24.5 Å². The summed E-state index contributed by atoms with van der Waals surface area (Å²) in [6, 6.07) is 13.3. The number of fused-ring (bicyclic) bond motifs is 2. The van der Waals surface area contributed by atoms with Crippen LogP contribution in [0.3, 0.4) is 0 Å². The molecule has 37 heavy (non-hydrogen) atoms. The van der Waals surface area contributed by atoms with Crippen molar-refractivity contribution in [2.45, 2.75) is 12.7 Å². The number of hydrogen-bond donors (Lipinski definition) is 1. The van der Waals surface area contributed by atoms with Crippen molar-refractivity contribution < 1.29 is 27.6 Å². The van der Waals surface area contributed by atoms with Crippen LogP contribution < -0.4 is 9.96 Å². The van der Waals surface area contributed by atoms with Crippen LogP contribution in [0.1, 0.15) is 15.5 Å². The van der Waals surface area contributed by atoms with Gasteiger partial charge in [-0.25, -0.2) is 9.78 Å². The van der Waals surface area contributed by atoms with Crippen molar-refractivity contribution in [1.82, 2.24) is 14.9 Å². The molecule has 2 aromatic carbocycles. The Labute approximate surface area is 217 Å². The number of benzene rings is 2. The minimum absolute atomic E-state index is 0.0721. The smallest absolute Gasteiger partial charge is 0.341 e. The van der Waals surface area contributed by atoms with Crippen LogP contribution in [-0.4, -0.2) is 53.7 Å². The van der Waals surface area contributed by atoms with E-state index in [0.717, 1.165) is 27.7 Å². The molecule has 8 nitrogen and oxygen atoms in total. The highest BCUT2D eigenvalue weighted by molar-refractivity contribution is 7.18. The largest absolute Gasteiger partial charge is 0.493 e. The lowest BCUT2D eigenvalue weighted by Gasteiger charge is -2.34. The number of carbonyl (C=O) groups is 2. The van der Waals surface area contributed by atoms with E-state index in [9.17, 15) is 22.8 Å². The van der Waals surface area contributed by atoms with Crippen LogP contribution >= 0.6 is 22.9 Å². The zero-order valence-electron chi connectivity index (χ0n) is 19.5. The summed E-state index contributed by atoms with van der Waals surface area (Å²) in [6.45, 7) is 0.130. The second kappa shape index (κ2) is 9.36. The third kappa shape index (κ3) is 4.99. The Balaban J connectivity index is 1.54. The normalized spacial score (nSPS) is 14.0. The second-order valence-corrected chi connectivity index (χ2v) is 10.1. The Morgan fingerprint density at radius 2 is 1.92 bits per heavy atom. The molecule has 0 aliphatic carbocycles. The van der Waals surface area contributed by atoms with E-state index in [4.69, 9.17) is 16.4 Å². The minimum atomic E-state index is -5.21. The highest BCUT2D eigenvalue weighted by Gasteiger charge is 2.45. The number of carbonyl (C=O) groups excluding carboxylic acids is 2. The predicted molar refractivity (Wildman–Crippen MR) is 135 cm³/mol. The van der Waals surface area contributed by atoms with Gasteiger partial charge in [0.25, 0.3) is 5.91 Å². The van der Waals surface area contributed by atoms with E-state index in [1.165, 1.54) is 11.0 Å². The van der Waals surface area contributed by atoms with Crippen LogP contribution in [0, 0.1) is 0 Å². The van der Waals surface area contributed by atoms with Crippen LogP contribution in [0.25, 0.3) is 21.5 Å². The number of aromatic amines is 1. The van der Waals surface area contributed by atoms with Crippen molar-refractivity contribution in [1.29, 1.82) is 0 Å². The topological polar surface area (TPSA) is 81.8 Å². The highest BCUT2D eigenvalue weighted by atomic mass is 35.5. The lowest BCUT2D eigenvalue weighted by molar-refractivity contribution is -0.201. The van der Waals surface area contributed by atoms with Gasteiger partial charge in [-0.2, -0.15) is 18.2 Å². The van der Waals surface area contributed by atoms with E-state index in [0.29, 0.717) is 33.2 Å². The first kappa shape index (κ1) is 25.1. The summed E-state index contributed by atoms with van der Waals surface area (Å²) in [5.41, 5.74) is 2.49. The number of nitrogens with zero attached hydrogens (tertiary/aromatic N) is 4. The molecule has 0 saturated carbocycles. The molecule has 0 saturated heterocycles. The molecule has 0 atom stereocenters. The van der Waals surface area contributed by atoms with Gasteiger partial charge in [-0.05, 0) is 56.1 Å². The molecular weight excluding hydrogens is 531 g/mol. The molecule has 1 aliphatic rings. The molecule has 1 N–H and O–H groups in total. The summed E-state index contributed by atoms with van der Waals surface area (Å²) in [5, 5.41) is 1.30. The number of alkyl halides is 3. The number of nitrogens with one attached hydrogen (secondary N) is 1. The molecule has 0 fully saturated rings. The number of hydrogen-bond acceptors (Lipinski definition) is 7. The molecule has 1 amide bonds. The maximum absolute atomic E-state index is 13.5. The highest BCUT2D eigenvalue weighted by Crippen LogP contribution is 2.42. The first-order chi connectivity index (χ1) is 17.5. The lowest BCUT2D eigenvalue weighted by Crippen LogP contribution is -2.48. The second-order valence-electron chi connectivity index (χ2n) is 8.58. The van der Waals surface area contributed by atoms with Crippen LogP contribution in [0.15, 0.2) is 48.5 Å². The Bertz CT molecular complexity index is 1500. The van der Waals surface area contributed by atoms with E-state index in [-0.39, 0.29) is 10.6 Å². The third-order valence-corrected chi connectivity index (χ3v) is 6.95. The Kier molecular flexibility index (Phi) is 6.34. The van der Waals surface area contributed by atoms with Gasteiger partial charge in [-0.1, -0.05) is 23.7 Å². The van der Waals surface area contributed by atoms with Crippen LogP contribution in [0.2, 0.25) is 5.02 Å². The summed E-state index contributed by atoms with van der Waals surface area (Å²) in [6.07, 6.45) is -5.21. The molecule has 0 radical (unpaired) electrons. The number of hydroxylamine groups is 1. The maximum atomic E-state index is 13.5. The van der Waals surface area contributed by atoms with E-state index in [2.05, 4.69) is 9.97 Å². The van der Waals surface area contributed by atoms with Gasteiger partial charge >= 0.3 is 12.1 Å². The minimum Gasteiger partial charge on any atom is -0.341 e. The van der Waals surface area contributed by atoms with Gasteiger partial charge in [0.15, 0.2) is 0 Å². The molecule has 2 aromatic heterocycles. The molecule has 5 rings (SSSR count). The first-order valence-electron chi connectivity index (χ1n) is 10.9. The molecule has 1 aliphatic heterocycles. The Morgan fingerprint density at radius 3 is 2.59 bits per heavy atom. The monoisotopic (exact) mass is 549 g/mol. The fourth-order valence-corrected chi connectivity index (χ4v) is 5.12. The molecule has 0 bridgehead atoms. The average molecular weight is 550 g/mol. The van der Waals surface area contributed by atoms with Gasteiger partial charge < -0.3 is 14.7 Å². The summed E-state index contributed by atoms with van der Waals surface area (Å²) in [7, 11) is 3.80. The van der Waals surface area contributed by atoms with Gasteiger partial charge in [-0.15, -0.1) is 11.3 Å². The number of aromatic nitrogens is 2. The van der Waals surface area contributed by atoms with E-state index < -0.39 is 24.7 Å². The molecule has 0 unspecified atom stereocenters. The maximum Gasteiger partial charge on any atom is 0.493 e. The number of H-pyrrole nitrogens is 1. The van der Waals surface area contributed by atoms with Crippen LogP contribution in [-0.2, 0) is 16.2 Å². The number of thiophene rings is 1. The van der Waals surface area contributed by atoms with Crippen molar-refractivity contribution in [2.24, 2.45) is 0 Å². The fourth-order valence-electron chi connectivity index (χ4n) is 3.89. The summed E-state index contributed by atoms with van der Waals surface area (Å²) in [4.78, 5) is 41.6. The van der Waals surface area contributed by atoms with E-state index in [1.807, 2.05) is 19.0 Å². The van der Waals surface area contributed by atoms with Crippen molar-refractivity contribution in [3.8, 4) is 10.4 Å². The molecular formula is C24H19ClF3N5O3S. The first-order valence-corrected chi connectivity index (χ1v) is 12.1. The number of halogens is 4. The zero-order valence-corrected chi connectivity index (χ0v) is 21.0.